The number of nitrogens with zero attached hydrogens (tertiary/aromatic N) is 1. The third-order valence-electron chi connectivity index (χ3n) is 1.80. The minimum atomic E-state index is 0.557. The van der Waals surface area contributed by atoms with Gasteiger partial charge >= 0.3 is 0 Å². The molecular weight excluding hydrogens is 192 g/mol. The maximum Gasteiger partial charge on any atom is 0.0782 e. The second-order valence-electron chi connectivity index (χ2n) is 2.67. The highest BCUT2D eigenvalue weighted by molar-refractivity contribution is 9.09. The third kappa shape index (κ3) is 2.22. The quantitative estimate of drug-likeness (QED) is 0.537. The molecular formula is C7H15BrN2. The van der Waals surface area contributed by atoms with Gasteiger partial charge in [0, 0.05) is 19.6 Å². The molecule has 1 saturated heterocycles. The number of hydrogen-bond acceptors (Lipinski definition) is 2. The second-order valence-corrected chi connectivity index (χ2v) is 3.73. The van der Waals surface area contributed by atoms with Crippen LogP contribution >= 0.6 is 15.9 Å². The van der Waals surface area contributed by atoms with Crippen LogP contribution in [0, 0.1) is 0 Å². The van der Waals surface area contributed by atoms with E-state index in [0.717, 1.165) is 13.1 Å². The molecule has 1 aliphatic rings. The van der Waals surface area contributed by atoms with E-state index in [0.29, 0.717) is 4.95 Å². The molecule has 0 spiro atoms. The van der Waals surface area contributed by atoms with Crippen LogP contribution in [-0.4, -0.2) is 36.0 Å². The maximum atomic E-state index is 3.62. The minimum Gasteiger partial charge on any atom is -0.313 e. The van der Waals surface area contributed by atoms with Crippen molar-refractivity contribution >= 4 is 15.9 Å². The molecule has 0 bridgehead atoms. The fourth-order valence-corrected chi connectivity index (χ4v) is 1.89. The van der Waals surface area contributed by atoms with Crippen molar-refractivity contribution in [2.75, 3.05) is 26.2 Å². The van der Waals surface area contributed by atoms with Gasteiger partial charge in [0.25, 0.3) is 0 Å². The standard InChI is InChI=1S/C7H15BrN2/c1-2-4-10-5-3-9-6-7(10)8/h7,9H,2-6H2,1H3. The highest BCUT2D eigenvalue weighted by atomic mass is 79.9. The van der Waals surface area contributed by atoms with Crippen molar-refractivity contribution in [3.05, 3.63) is 0 Å². The fraction of sp³-hybridized carbons (Fsp3) is 1.00. The molecule has 1 unspecified atom stereocenters. The van der Waals surface area contributed by atoms with Crippen LogP contribution in [0.1, 0.15) is 13.3 Å². The van der Waals surface area contributed by atoms with E-state index < -0.39 is 0 Å². The number of piperazine rings is 1. The topological polar surface area (TPSA) is 15.3 Å². The van der Waals surface area contributed by atoms with E-state index in [1.165, 1.54) is 19.5 Å². The highest BCUT2D eigenvalue weighted by Crippen LogP contribution is 2.09. The van der Waals surface area contributed by atoms with Crippen LogP contribution in [0.25, 0.3) is 0 Å². The zero-order valence-corrected chi connectivity index (χ0v) is 8.02. The predicted molar refractivity (Wildman–Crippen MR) is 47.4 cm³/mol. The van der Waals surface area contributed by atoms with Gasteiger partial charge in [-0.25, -0.2) is 0 Å². The molecule has 0 aromatic rings. The second kappa shape index (κ2) is 4.31. The number of hydrogen-bond donors (Lipinski definition) is 1. The Bertz CT molecular complexity index is 95.6. The number of rotatable bonds is 2. The molecule has 1 aliphatic heterocycles. The smallest absolute Gasteiger partial charge is 0.0782 e. The average Bonchev–Trinajstić information content (AvgIpc) is 1.94. The molecule has 0 amide bonds. The Morgan fingerprint density at radius 1 is 1.70 bits per heavy atom. The Morgan fingerprint density at radius 3 is 3.10 bits per heavy atom. The van der Waals surface area contributed by atoms with Crippen molar-refractivity contribution in [2.45, 2.75) is 18.3 Å². The number of nitrogens with one attached hydrogen (secondary N) is 1. The molecule has 3 heteroatoms. The first kappa shape index (κ1) is 8.50. The van der Waals surface area contributed by atoms with E-state index in [4.69, 9.17) is 0 Å². The first-order valence-corrected chi connectivity index (χ1v) is 4.85. The van der Waals surface area contributed by atoms with E-state index in [9.17, 15) is 0 Å². The van der Waals surface area contributed by atoms with Gasteiger partial charge in [0.05, 0.1) is 4.95 Å². The average molecular weight is 207 g/mol. The van der Waals surface area contributed by atoms with E-state index in [1.807, 2.05) is 0 Å². The van der Waals surface area contributed by atoms with Crippen molar-refractivity contribution in [3.63, 3.8) is 0 Å². The summed E-state index contributed by atoms with van der Waals surface area (Å²) >= 11 is 3.62. The molecule has 1 rings (SSSR count). The lowest BCUT2D eigenvalue weighted by Crippen LogP contribution is -2.48. The molecule has 1 heterocycles. The number of halogens is 1. The molecule has 0 aliphatic carbocycles. The maximum absolute atomic E-state index is 3.62. The van der Waals surface area contributed by atoms with E-state index >= 15 is 0 Å². The van der Waals surface area contributed by atoms with Gasteiger partial charge in [-0.1, -0.05) is 22.9 Å². The Balaban J connectivity index is 2.25. The predicted octanol–water partition coefficient (Wildman–Crippen LogP) is 1.02. The van der Waals surface area contributed by atoms with Gasteiger partial charge in [-0.05, 0) is 13.0 Å². The van der Waals surface area contributed by atoms with Crippen molar-refractivity contribution in [1.29, 1.82) is 0 Å². The Morgan fingerprint density at radius 2 is 2.50 bits per heavy atom. The van der Waals surface area contributed by atoms with Gasteiger partial charge < -0.3 is 5.32 Å². The SMILES string of the molecule is CCCN1CCNCC1Br. The fourth-order valence-electron chi connectivity index (χ4n) is 1.25. The summed E-state index contributed by atoms with van der Waals surface area (Å²) in [6.07, 6.45) is 1.25. The highest BCUT2D eigenvalue weighted by Gasteiger charge is 2.17. The molecule has 1 N–H and O–H groups in total. The monoisotopic (exact) mass is 206 g/mol. The van der Waals surface area contributed by atoms with Gasteiger partial charge in [-0.3, -0.25) is 4.90 Å². The molecule has 0 aromatic heterocycles. The van der Waals surface area contributed by atoms with Gasteiger partial charge in [0.2, 0.25) is 0 Å². The molecule has 0 aromatic carbocycles. The Kier molecular flexibility index (Phi) is 3.66. The Labute approximate surface area is 71.1 Å². The van der Waals surface area contributed by atoms with Crippen LogP contribution in [0.2, 0.25) is 0 Å². The first-order chi connectivity index (χ1) is 4.84. The number of alkyl halides is 1. The summed E-state index contributed by atoms with van der Waals surface area (Å²) in [5, 5.41) is 3.33. The van der Waals surface area contributed by atoms with Crippen LogP contribution in [-0.2, 0) is 0 Å². The van der Waals surface area contributed by atoms with E-state index in [-0.39, 0.29) is 0 Å². The molecule has 1 atom stereocenters. The lowest BCUT2D eigenvalue weighted by atomic mass is 10.3. The molecule has 0 saturated carbocycles. The molecule has 2 nitrogen and oxygen atoms in total. The van der Waals surface area contributed by atoms with Crippen LogP contribution in [0.4, 0.5) is 0 Å². The molecule has 1 fully saturated rings. The van der Waals surface area contributed by atoms with Gasteiger partial charge in [0.15, 0.2) is 0 Å². The van der Waals surface area contributed by atoms with Crippen LogP contribution in [0.5, 0.6) is 0 Å². The summed E-state index contributed by atoms with van der Waals surface area (Å²) in [4.78, 5) is 3.03. The minimum absolute atomic E-state index is 0.557. The summed E-state index contributed by atoms with van der Waals surface area (Å²) in [5.41, 5.74) is 0. The van der Waals surface area contributed by atoms with E-state index in [1.54, 1.807) is 0 Å². The van der Waals surface area contributed by atoms with Crippen LogP contribution in [0.3, 0.4) is 0 Å². The van der Waals surface area contributed by atoms with Crippen LogP contribution < -0.4 is 5.32 Å². The third-order valence-corrected chi connectivity index (χ3v) is 2.70. The molecule has 10 heavy (non-hydrogen) atoms. The summed E-state index contributed by atoms with van der Waals surface area (Å²) in [5.74, 6) is 0. The van der Waals surface area contributed by atoms with Gasteiger partial charge in [-0.15, -0.1) is 0 Å². The van der Waals surface area contributed by atoms with E-state index in [2.05, 4.69) is 33.1 Å². The van der Waals surface area contributed by atoms with Gasteiger partial charge in [0.1, 0.15) is 0 Å². The van der Waals surface area contributed by atoms with Gasteiger partial charge in [-0.2, -0.15) is 0 Å². The lowest BCUT2D eigenvalue weighted by Gasteiger charge is -2.32. The summed E-state index contributed by atoms with van der Waals surface area (Å²) < 4.78 is 0. The molecule has 60 valence electrons. The van der Waals surface area contributed by atoms with Crippen molar-refractivity contribution in [2.24, 2.45) is 0 Å². The zero-order valence-electron chi connectivity index (χ0n) is 6.44. The first-order valence-electron chi connectivity index (χ1n) is 3.93. The zero-order chi connectivity index (χ0) is 7.40. The van der Waals surface area contributed by atoms with Crippen molar-refractivity contribution in [1.82, 2.24) is 10.2 Å². The summed E-state index contributed by atoms with van der Waals surface area (Å²) in [6, 6.07) is 0. The van der Waals surface area contributed by atoms with Crippen LogP contribution in [0.15, 0.2) is 0 Å². The summed E-state index contributed by atoms with van der Waals surface area (Å²) in [6.45, 7) is 6.85. The largest absolute Gasteiger partial charge is 0.313 e. The van der Waals surface area contributed by atoms with Crippen molar-refractivity contribution in [3.8, 4) is 0 Å². The Hall–Kier alpha value is 0.400. The lowest BCUT2D eigenvalue weighted by molar-refractivity contribution is 0.223. The normalized spacial score (nSPS) is 28.8. The molecule has 0 radical (unpaired) electrons. The van der Waals surface area contributed by atoms with Crippen molar-refractivity contribution < 1.29 is 0 Å². The summed E-state index contributed by atoms with van der Waals surface area (Å²) in [7, 11) is 0.